The van der Waals surface area contributed by atoms with Gasteiger partial charge in [-0.15, -0.1) is 0 Å². The van der Waals surface area contributed by atoms with Crippen LogP contribution in [0, 0.1) is 0 Å². The molecule has 0 fully saturated rings. The van der Waals surface area contributed by atoms with Gasteiger partial charge < -0.3 is 4.42 Å². The van der Waals surface area contributed by atoms with E-state index in [1.54, 1.807) is 5.01 Å². The molecule has 5 nitrogen and oxygen atoms in total. The van der Waals surface area contributed by atoms with Gasteiger partial charge in [0.15, 0.2) is 11.5 Å². The summed E-state index contributed by atoms with van der Waals surface area (Å²) in [6, 6.07) is 6.05. The van der Waals surface area contributed by atoms with E-state index in [1.807, 2.05) is 19.1 Å². The number of nitrogens with zero attached hydrogens (tertiary/aromatic N) is 2. The first kappa shape index (κ1) is 15.5. The highest BCUT2D eigenvalue weighted by atomic mass is 16.3. The summed E-state index contributed by atoms with van der Waals surface area (Å²) in [7, 11) is 0. The number of amides is 1. The Bertz CT molecular complexity index is 592. The molecule has 2 aromatic rings. The Hall–Kier alpha value is -1.88. The number of para-hydroxylation sites is 1. The van der Waals surface area contributed by atoms with E-state index < -0.39 is 0 Å². The number of fused-ring (bicyclic) bond motifs is 1. The number of oxazole rings is 1. The molecule has 0 aliphatic heterocycles. The predicted molar refractivity (Wildman–Crippen MR) is 82.9 cm³/mol. The van der Waals surface area contributed by atoms with Gasteiger partial charge in [-0.3, -0.25) is 9.80 Å². The molecule has 114 valence electrons. The quantitative estimate of drug-likeness (QED) is 0.599. The Morgan fingerprint density at radius 1 is 1.43 bits per heavy atom. The Kier molecular flexibility index (Phi) is 5.33. The highest BCUT2D eigenvalue weighted by Gasteiger charge is 2.12. The fourth-order valence-corrected chi connectivity index (χ4v) is 2.28. The summed E-state index contributed by atoms with van der Waals surface area (Å²) in [4.78, 5) is 15.4. The third kappa shape index (κ3) is 3.82. The number of hydrogen-bond donors (Lipinski definition) is 1. The molecule has 1 heterocycles. The van der Waals surface area contributed by atoms with Gasteiger partial charge in [0.1, 0.15) is 5.52 Å². The van der Waals surface area contributed by atoms with E-state index in [4.69, 9.17) is 4.42 Å². The van der Waals surface area contributed by atoms with Crippen molar-refractivity contribution < 1.29 is 9.21 Å². The molecule has 1 N–H and O–H groups in total. The van der Waals surface area contributed by atoms with Gasteiger partial charge in [0.25, 0.3) is 0 Å². The van der Waals surface area contributed by atoms with Crippen molar-refractivity contribution in [1.29, 1.82) is 0 Å². The van der Waals surface area contributed by atoms with Gasteiger partial charge in [-0.25, -0.2) is 10.4 Å². The SMILES string of the molecule is CCNN(C=O)CCCc1cccc2nc(C(C)C)oc12. The van der Waals surface area contributed by atoms with Crippen molar-refractivity contribution in [3.63, 3.8) is 0 Å². The number of benzene rings is 1. The molecule has 1 aromatic carbocycles. The minimum Gasteiger partial charge on any atom is -0.440 e. The van der Waals surface area contributed by atoms with Crippen LogP contribution in [-0.4, -0.2) is 29.5 Å². The average molecular weight is 289 g/mol. The molecular formula is C16H23N3O2. The molecule has 5 heteroatoms. The Morgan fingerprint density at radius 2 is 2.24 bits per heavy atom. The van der Waals surface area contributed by atoms with Crippen molar-refractivity contribution in [2.45, 2.75) is 39.5 Å². The summed E-state index contributed by atoms with van der Waals surface area (Å²) in [5, 5.41) is 1.58. The van der Waals surface area contributed by atoms with Crippen LogP contribution in [0.25, 0.3) is 11.1 Å². The maximum absolute atomic E-state index is 10.9. The molecule has 1 aromatic heterocycles. The molecule has 0 bridgehead atoms. The fourth-order valence-electron chi connectivity index (χ4n) is 2.28. The standard InChI is InChI=1S/C16H23N3O2/c1-4-17-19(11-20)10-6-8-13-7-5-9-14-15(13)21-16(18-14)12(2)3/h5,7,9,11-12,17H,4,6,8,10H2,1-3H3. The third-order valence-corrected chi connectivity index (χ3v) is 3.34. The molecule has 0 aliphatic rings. The fraction of sp³-hybridized carbons (Fsp3) is 0.500. The lowest BCUT2D eigenvalue weighted by Crippen LogP contribution is -2.37. The summed E-state index contributed by atoms with van der Waals surface area (Å²) in [5.41, 5.74) is 5.94. The molecule has 0 aliphatic carbocycles. The first-order chi connectivity index (χ1) is 10.2. The predicted octanol–water partition coefficient (Wildman–Crippen LogP) is 2.87. The van der Waals surface area contributed by atoms with Crippen LogP contribution in [0.3, 0.4) is 0 Å². The molecule has 2 rings (SSSR count). The van der Waals surface area contributed by atoms with E-state index in [9.17, 15) is 4.79 Å². The molecule has 21 heavy (non-hydrogen) atoms. The van der Waals surface area contributed by atoms with E-state index in [0.717, 1.165) is 48.4 Å². The number of carbonyl (C=O) groups is 1. The lowest BCUT2D eigenvalue weighted by Gasteiger charge is -2.16. The smallest absolute Gasteiger partial charge is 0.223 e. The van der Waals surface area contributed by atoms with Crippen molar-refractivity contribution in [3.8, 4) is 0 Å². The number of nitrogens with one attached hydrogen (secondary N) is 1. The van der Waals surface area contributed by atoms with Gasteiger partial charge in [-0.1, -0.05) is 32.9 Å². The second kappa shape index (κ2) is 7.22. The monoisotopic (exact) mass is 289 g/mol. The molecule has 0 spiro atoms. The molecular weight excluding hydrogens is 266 g/mol. The van der Waals surface area contributed by atoms with Crippen molar-refractivity contribution in [2.24, 2.45) is 0 Å². The van der Waals surface area contributed by atoms with Gasteiger partial charge in [0.05, 0.1) is 0 Å². The summed E-state index contributed by atoms with van der Waals surface area (Å²) in [6.07, 6.45) is 2.57. The highest BCUT2D eigenvalue weighted by molar-refractivity contribution is 5.76. The molecule has 0 saturated carbocycles. The van der Waals surface area contributed by atoms with Crippen LogP contribution in [0.4, 0.5) is 0 Å². The lowest BCUT2D eigenvalue weighted by atomic mass is 10.1. The highest BCUT2D eigenvalue weighted by Crippen LogP contribution is 2.24. The van der Waals surface area contributed by atoms with Crippen molar-refractivity contribution in [1.82, 2.24) is 15.4 Å². The zero-order valence-electron chi connectivity index (χ0n) is 12.9. The van der Waals surface area contributed by atoms with Crippen LogP contribution in [0.5, 0.6) is 0 Å². The van der Waals surface area contributed by atoms with E-state index in [-0.39, 0.29) is 5.92 Å². The summed E-state index contributed by atoms with van der Waals surface area (Å²) in [5.74, 6) is 1.06. The van der Waals surface area contributed by atoms with Crippen LogP contribution >= 0.6 is 0 Å². The maximum atomic E-state index is 10.9. The van der Waals surface area contributed by atoms with Crippen LogP contribution in [-0.2, 0) is 11.2 Å². The second-order valence-electron chi connectivity index (χ2n) is 5.39. The Balaban J connectivity index is 2.06. The number of aromatic nitrogens is 1. The molecule has 0 saturated heterocycles. The van der Waals surface area contributed by atoms with Crippen molar-refractivity contribution in [2.75, 3.05) is 13.1 Å². The number of rotatable bonds is 8. The van der Waals surface area contributed by atoms with E-state index in [2.05, 4.69) is 30.3 Å². The minimum atomic E-state index is 0.282. The zero-order chi connectivity index (χ0) is 15.2. The maximum Gasteiger partial charge on any atom is 0.223 e. The van der Waals surface area contributed by atoms with Gasteiger partial charge in [-0.05, 0) is 24.5 Å². The largest absolute Gasteiger partial charge is 0.440 e. The van der Waals surface area contributed by atoms with Crippen LogP contribution in [0.15, 0.2) is 22.6 Å². The molecule has 1 amide bonds. The minimum absolute atomic E-state index is 0.282. The number of aryl methyl sites for hydroxylation is 1. The zero-order valence-corrected chi connectivity index (χ0v) is 12.9. The normalized spacial score (nSPS) is 11.2. The second-order valence-corrected chi connectivity index (χ2v) is 5.39. The molecule has 0 radical (unpaired) electrons. The number of hydrogen-bond acceptors (Lipinski definition) is 4. The first-order valence-electron chi connectivity index (χ1n) is 7.49. The lowest BCUT2D eigenvalue weighted by molar-refractivity contribution is -0.120. The van der Waals surface area contributed by atoms with Gasteiger partial charge in [0.2, 0.25) is 6.41 Å². The van der Waals surface area contributed by atoms with Crippen molar-refractivity contribution in [3.05, 3.63) is 29.7 Å². The van der Waals surface area contributed by atoms with Crippen molar-refractivity contribution >= 4 is 17.5 Å². The first-order valence-corrected chi connectivity index (χ1v) is 7.49. The summed E-state index contributed by atoms with van der Waals surface area (Å²) < 4.78 is 5.88. The summed E-state index contributed by atoms with van der Waals surface area (Å²) >= 11 is 0. The Labute approximate surface area is 125 Å². The van der Waals surface area contributed by atoms with Gasteiger partial charge >= 0.3 is 0 Å². The topological polar surface area (TPSA) is 58.4 Å². The van der Waals surface area contributed by atoms with E-state index >= 15 is 0 Å². The summed E-state index contributed by atoms with van der Waals surface area (Å²) in [6.45, 7) is 7.54. The van der Waals surface area contributed by atoms with E-state index in [0.29, 0.717) is 6.54 Å². The molecule has 0 unspecified atom stereocenters. The average Bonchev–Trinajstić information content (AvgIpc) is 2.91. The number of carbonyl (C=O) groups excluding carboxylic acids is 1. The Morgan fingerprint density at radius 3 is 2.90 bits per heavy atom. The third-order valence-electron chi connectivity index (χ3n) is 3.34. The number of hydrazine groups is 1. The van der Waals surface area contributed by atoms with Crippen LogP contribution < -0.4 is 5.43 Å². The van der Waals surface area contributed by atoms with Gasteiger partial charge in [-0.2, -0.15) is 0 Å². The van der Waals surface area contributed by atoms with Crippen LogP contribution in [0.1, 0.15) is 44.6 Å². The van der Waals surface area contributed by atoms with Gasteiger partial charge in [0, 0.05) is 19.0 Å². The van der Waals surface area contributed by atoms with Crippen LogP contribution in [0.2, 0.25) is 0 Å². The van der Waals surface area contributed by atoms with E-state index in [1.165, 1.54) is 0 Å². The molecule has 0 atom stereocenters.